The molecule has 1 unspecified atom stereocenters. The third-order valence-electron chi connectivity index (χ3n) is 3.92. The predicted octanol–water partition coefficient (Wildman–Crippen LogP) is 3.12. The zero-order valence-electron chi connectivity index (χ0n) is 12.0. The van der Waals surface area contributed by atoms with Gasteiger partial charge in [0, 0.05) is 6.42 Å². The lowest BCUT2D eigenvalue weighted by atomic mass is 9.98. The molecule has 0 aliphatic carbocycles. The van der Waals surface area contributed by atoms with E-state index in [2.05, 4.69) is 0 Å². The lowest BCUT2D eigenvalue weighted by Crippen LogP contribution is -2.31. The minimum absolute atomic E-state index is 0.0850. The number of para-hydroxylation sites is 1. The normalized spacial score (nSPS) is 18.3. The molecule has 1 atom stereocenters. The summed E-state index contributed by atoms with van der Waals surface area (Å²) < 4.78 is 0. The summed E-state index contributed by atoms with van der Waals surface area (Å²) >= 11 is 0. The van der Waals surface area contributed by atoms with Gasteiger partial charge >= 0.3 is 0 Å². The van der Waals surface area contributed by atoms with Crippen molar-refractivity contribution in [2.75, 3.05) is 4.90 Å². The van der Waals surface area contributed by atoms with Crippen molar-refractivity contribution in [3.05, 3.63) is 65.7 Å². The van der Waals surface area contributed by atoms with Crippen LogP contribution in [0.2, 0.25) is 0 Å². The molecule has 3 nitrogen and oxygen atoms in total. The zero-order chi connectivity index (χ0) is 14.8. The Morgan fingerprint density at radius 3 is 2.38 bits per heavy atom. The van der Waals surface area contributed by atoms with E-state index in [1.807, 2.05) is 61.5 Å². The summed E-state index contributed by atoms with van der Waals surface area (Å²) in [6, 6.07) is 17.4. The van der Waals surface area contributed by atoms with Crippen LogP contribution in [0, 0.1) is 12.8 Å². The summed E-state index contributed by atoms with van der Waals surface area (Å²) in [5.74, 6) is -0.437. The summed E-state index contributed by atoms with van der Waals surface area (Å²) in [6.45, 7) is 1.92. The first kappa shape index (κ1) is 13.6. The van der Waals surface area contributed by atoms with Gasteiger partial charge in [-0.3, -0.25) is 14.5 Å². The molecule has 0 spiro atoms. The molecule has 21 heavy (non-hydrogen) atoms. The van der Waals surface area contributed by atoms with E-state index in [0.29, 0.717) is 18.5 Å². The lowest BCUT2D eigenvalue weighted by molar-refractivity contribution is -0.122. The fourth-order valence-electron chi connectivity index (χ4n) is 2.82. The average Bonchev–Trinajstić information content (AvgIpc) is 2.76. The molecule has 3 heteroatoms. The van der Waals surface area contributed by atoms with Gasteiger partial charge in [0.05, 0.1) is 11.6 Å². The van der Waals surface area contributed by atoms with Crippen molar-refractivity contribution in [1.29, 1.82) is 0 Å². The maximum Gasteiger partial charge on any atom is 0.237 e. The van der Waals surface area contributed by atoms with Crippen LogP contribution in [-0.2, 0) is 16.0 Å². The van der Waals surface area contributed by atoms with E-state index < -0.39 is 0 Å². The van der Waals surface area contributed by atoms with Gasteiger partial charge in [-0.05, 0) is 30.5 Å². The van der Waals surface area contributed by atoms with E-state index in [1.165, 1.54) is 4.90 Å². The number of hydrogen-bond acceptors (Lipinski definition) is 2. The first-order chi connectivity index (χ1) is 10.2. The van der Waals surface area contributed by atoms with Crippen molar-refractivity contribution in [2.24, 2.45) is 5.92 Å². The van der Waals surface area contributed by atoms with E-state index in [-0.39, 0.29) is 17.7 Å². The zero-order valence-corrected chi connectivity index (χ0v) is 12.0. The molecule has 0 N–H and O–H groups in total. The molecular formula is C18H17NO2. The monoisotopic (exact) mass is 279 g/mol. The number of carbonyl (C=O) groups is 2. The summed E-state index contributed by atoms with van der Waals surface area (Å²) in [5, 5.41) is 0. The number of carbonyl (C=O) groups excluding carboxylic acids is 2. The summed E-state index contributed by atoms with van der Waals surface area (Å²) in [4.78, 5) is 26.2. The Labute approximate surface area is 124 Å². The molecule has 106 valence electrons. The highest BCUT2D eigenvalue weighted by Gasteiger charge is 2.39. The maximum atomic E-state index is 12.6. The van der Waals surface area contributed by atoms with Crippen LogP contribution in [0.15, 0.2) is 54.6 Å². The number of imide groups is 1. The number of nitrogens with zero attached hydrogens (tertiary/aromatic N) is 1. The van der Waals surface area contributed by atoms with Crippen LogP contribution < -0.4 is 4.90 Å². The molecule has 1 aliphatic rings. The van der Waals surface area contributed by atoms with Gasteiger partial charge in [0.25, 0.3) is 0 Å². The molecule has 1 aliphatic heterocycles. The Kier molecular flexibility index (Phi) is 3.57. The molecule has 3 rings (SSSR count). The van der Waals surface area contributed by atoms with Crippen molar-refractivity contribution in [3.8, 4) is 0 Å². The molecular weight excluding hydrogens is 262 g/mol. The van der Waals surface area contributed by atoms with Gasteiger partial charge in [-0.25, -0.2) is 0 Å². The Hall–Kier alpha value is -2.42. The highest BCUT2D eigenvalue weighted by molar-refractivity contribution is 6.21. The highest BCUT2D eigenvalue weighted by atomic mass is 16.2. The second-order valence-electron chi connectivity index (χ2n) is 5.44. The Balaban J connectivity index is 1.84. The van der Waals surface area contributed by atoms with Crippen LogP contribution in [0.3, 0.4) is 0 Å². The Morgan fingerprint density at radius 1 is 1.00 bits per heavy atom. The minimum atomic E-state index is -0.250. The number of amides is 2. The number of hydrogen-bond donors (Lipinski definition) is 0. The summed E-state index contributed by atoms with van der Waals surface area (Å²) in [7, 11) is 0. The van der Waals surface area contributed by atoms with Crippen LogP contribution in [0.1, 0.15) is 17.5 Å². The first-order valence-corrected chi connectivity index (χ1v) is 7.13. The summed E-state index contributed by atoms with van der Waals surface area (Å²) in [6.07, 6.45) is 0.913. The Bertz CT molecular complexity index is 679. The number of benzene rings is 2. The predicted molar refractivity (Wildman–Crippen MR) is 81.9 cm³/mol. The maximum absolute atomic E-state index is 12.6. The van der Waals surface area contributed by atoms with Crippen LogP contribution in [0.5, 0.6) is 0 Å². The molecule has 0 saturated carbocycles. The SMILES string of the molecule is Cc1ccccc1N1C(=O)CC(Cc2ccccc2)C1=O. The van der Waals surface area contributed by atoms with E-state index in [1.54, 1.807) is 0 Å². The second-order valence-corrected chi connectivity index (χ2v) is 5.44. The molecule has 0 radical (unpaired) electrons. The molecule has 2 aromatic rings. The molecule has 1 fully saturated rings. The fraction of sp³-hybridized carbons (Fsp3) is 0.222. The minimum Gasteiger partial charge on any atom is -0.274 e. The standard InChI is InChI=1S/C18H17NO2/c1-13-7-5-6-10-16(13)19-17(20)12-15(18(19)21)11-14-8-3-2-4-9-14/h2-10,15H,11-12H2,1H3. The van der Waals surface area contributed by atoms with E-state index in [0.717, 1.165) is 11.1 Å². The highest BCUT2D eigenvalue weighted by Crippen LogP contribution is 2.30. The molecule has 1 saturated heterocycles. The van der Waals surface area contributed by atoms with Gasteiger partial charge in [-0.1, -0.05) is 48.5 Å². The fourth-order valence-corrected chi connectivity index (χ4v) is 2.82. The van der Waals surface area contributed by atoms with Crippen molar-refractivity contribution in [1.82, 2.24) is 0 Å². The third-order valence-corrected chi connectivity index (χ3v) is 3.92. The average molecular weight is 279 g/mol. The molecule has 2 amide bonds. The van der Waals surface area contributed by atoms with Crippen molar-refractivity contribution >= 4 is 17.5 Å². The van der Waals surface area contributed by atoms with Gasteiger partial charge < -0.3 is 0 Å². The largest absolute Gasteiger partial charge is 0.274 e. The van der Waals surface area contributed by atoms with Gasteiger partial charge in [-0.15, -0.1) is 0 Å². The van der Waals surface area contributed by atoms with Crippen molar-refractivity contribution < 1.29 is 9.59 Å². The molecule has 1 heterocycles. The molecule has 0 aromatic heterocycles. The van der Waals surface area contributed by atoms with E-state index in [9.17, 15) is 9.59 Å². The van der Waals surface area contributed by atoms with Crippen LogP contribution in [0.25, 0.3) is 0 Å². The van der Waals surface area contributed by atoms with Crippen LogP contribution in [-0.4, -0.2) is 11.8 Å². The molecule has 0 bridgehead atoms. The topological polar surface area (TPSA) is 37.4 Å². The third kappa shape index (κ3) is 2.59. The van der Waals surface area contributed by atoms with Gasteiger partial charge in [0.1, 0.15) is 0 Å². The Morgan fingerprint density at radius 2 is 1.67 bits per heavy atom. The van der Waals surface area contributed by atoms with Gasteiger partial charge in [0.2, 0.25) is 11.8 Å². The van der Waals surface area contributed by atoms with Crippen LogP contribution in [0.4, 0.5) is 5.69 Å². The number of rotatable bonds is 3. The van der Waals surface area contributed by atoms with E-state index in [4.69, 9.17) is 0 Å². The number of aryl methyl sites for hydroxylation is 1. The first-order valence-electron chi connectivity index (χ1n) is 7.13. The molecule has 2 aromatic carbocycles. The second kappa shape index (κ2) is 5.52. The quantitative estimate of drug-likeness (QED) is 0.810. The van der Waals surface area contributed by atoms with Crippen molar-refractivity contribution in [2.45, 2.75) is 19.8 Å². The van der Waals surface area contributed by atoms with Gasteiger partial charge in [-0.2, -0.15) is 0 Å². The van der Waals surface area contributed by atoms with E-state index >= 15 is 0 Å². The van der Waals surface area contributed by atoms with Gasteiger partial charge in [0.15, 0.2) is 0 Å². The summed E-state index contributed by atoms with van der Waals surface area (Å²) in [5.41, 5.74) is 2.75. The number of anilines is 1. The smallest absolute Gasteiger partial charge is 0.237 e. The van der Waals surface area contributed by atoms with Crippen LogP contribution >= 0.6 is 0 Å². The van der Waals surface area contributed by atoms with Crippen molar-refractivity contribution in [3.63, 3.8) is 0 Å². The lowest BCUT2D eigenvalue weighted by Gasteiger charge is -2.17.